The Morgan fingerprint density at radius 3 is 2.67 bits per heavy atom. The van der Waals surface area contributed by atoms with Gasteiger partial charge >= 0.3 is 0 Å². The number of nitrogens with one attached hydrogen (secondary N) is 1. The van der Waals surface area contributed by atoms with Gasteiger partial charge in [0.05, 0.1) is 5.75 Å². The standard InChI is InChI=1S/C12H18FNO2S2/c1-9-4-5-11(12(13)6-9)8-18(15,16)14-10(2)7-17-3/h4-6,10,14H,7-8H2,1-3H3/t10-/m1/s1. The van der Waals surface area contributed by atoms with Crippen LogP contribution in [-0.4, -0.2) is 26.5 Å². The van der Waals surface area contributed by atoms with Crippen LogP contribution in [0.4, 0.5) is 4.39 Å². The number of halogens is 1. The third kappa shape index (κ3) is 4.96. The topological polar surface area (TPSA) is 46.2 Å². The minimum Gasteiger partial charge on any atom is -0.212 e. The van der Waals surface area contributed by atoms with Gasteiger partial charge in [0.25, 0.3) is 0 Å². The van der Waals surface area contributed by atoms with Gasteiger partial charge in [0.15, 0.2) is 0 Å². The van der Waals surface area contributed by atoms with E-state index in [0.717, 1.165) is 5.56 Å². The van der Waals surface area contributed by atoms with E-state index in [9.17, 15) is 12.8 Å². The molecule has 6 heteroatoms. The fourth-order valence-electron chi connectivity index (χ4n) is 1.61. The molecule has 1 aromatic rings. The Labute approximate surface area is 112 Å². The van der Waals surface area contributed by atoms with Gasteiger partial charge in [-0.15, -0.1) is 0 Å². The van der Waals surface area contributed by atoms with Crippen LogP contribution in [0.2, 0.25) is 0 Å². The fourth-order valence-corrected chi connectivity index (χ4v) is 3.72. The van der Waals surface area contributed by atoms with E-state index < -0.39 is 15.8 Å². The molecule has 0 radical (unpaired) electrons. The predicted octanol–water partition coefficient (Wildman–Crippen LogP) is 2.31. The zero-order chi connectivity index (χ0) is 13.8. The third-order valence-corrected chi connectivity index (χ3v) is 4.64. The van der Waals surface area contributed by atoms with Gasteiger partial charge in [-0.2, -0.15) is 11.8 Å². The maximum Gasteiger partial charge on any atom is 0.216 e. The Balaban J connectivity index is 2.76. The molecular formula is C12H18FNO2S2. The second kappa shape index (κ2) is 6.54. The molecule has 0 unspecified atom stereocenters. The molecule has 0 amide bonds. The molecule has 0 saturated heterocycles. The molecule has 0 bridgehead atoms. The minimum atomic E-state index is -3.49. The molecule has 0 saturated carbocycles. The average Bonchev–Trinajstić information content (AvgIpc) is 2.21. The number of sulfonamides is 1. The highest BCUT2D eigenvalue weighted by Gasteiger charge is 2.17. The van der Waals surface area contributed by atoms with Gasteiger partial charge in [0.2, 0.25) is 10.0 Å². The van der Waals surface area contributed by atoms with Crippen molar-refractivity contribution in [3.8, 4) is 0 Å². The van der Waals surface area contributed by atoms with Gasteiger partial charge in [-0.05, 0) is 31.7 Å². The van der Waals surface area contributed by atoms with Crippen LogP contribution in [0, 0.1) is 12.7 Å². The lowest BCUT2D eigenvalue weighted by Crippen LogP contribution is -2.35. The normalized spacial score (nSPS) is 13.6. The van der Waals surface area contributed by atoms with Gasteiger partial charge in [-0.3, -0.25) is 0 Å². The average molecular weight is 291 g/mol. The van der Waals surface area contributed by atoms with Crippen molar-refractivity contribution in [1.29, 1.82) is 0 Å². The summed E-state index contributed by atoms with van der Waals surface area (Å²) in [6, 6.07) is 4.41. The lowest BCUT2D eigenvalue weighted by molar-refractivity contribution is 0.565. The van der Waals surface area contributed by atoms with Crippen molar-refractivity contribution in [3.63, 3.8) is 0 Å². The van der Waals surface area contributed by atoms with Crippen molar-refractivity contribution in [2.75, 3.05) is 12.0 Å². The molecule has 1 aromatic carbocycles. The molecule has 0 aliphatic carbocycles. The van der Waals surface area contributed by atoms with E-state index in [1.807, 2.05) is 6.26 Å². The first kappa shape index (κ1) is 15.5. The van der Waals surface area contributed by atoms with Gasteiger partial charge in [-0.1, -0.05) is 12.1 Å². The van der Waals surface area contributed by atoms with Crippen LogP contribution in [0.5, 0.6) is 0 Å². The number of hydrogen-bond acceptors (Lipinski definition) is 3. The van der Waals surface area contributed by atoms with E-state index in [-0.39, 0.29) is 17.4 Å². The van der Waals surface area contributed by atoms with E-state index in [0.29, 0.717) is 5.75 Å². The molecule has 18 heavy (non-hydrogen) atoms. The highest BCUT2D eigenvalue weighted by atomic mass is 32.2. The summed E-state index contributed by atoms with van der Waals surface area (Å²) in [4.78, 5) is 0. The minimum absolute atomic E-state index is 0.154. The third-order valence-electron chi connectivity index (χ3n) is 2.35. The number of benzene rings is 1. The van der Waals surface area contributed by atoms with Crippen LogP contribution in [0.15, 0.2) is 18.2 Å². The van der Waals surface area contributed by atoms with E-state index in [4.69, 9.17) is 0 Å². The van der Waals surface area contributed by atoms with Gasteiger partial charge in [0.1, 0.15) is 5.82 Å². The van der Waals surface area contributed by atoms with E-state index in [1.54, 1.807) is 31.7 Å². The first-order chi connectivity index (χ1) is 8.34. The summed E-state index contributed by atoms with van der Waals surface area (Å²) >= 11 is 1.56. The maximum atomic E-state index is 13.6. The first-order valence-electron chi connectivity index (χ1n) is 5.58. The van der Waals surface area contributed by atoms with E-state index >= 15 is 0 Å². The van der Waals surface area contributed by atoms with E-state index in [1.165, 1.54) is 12.1 Å². The van der Waals surface area contributed by atoms with Crippen molar-refractivity contribution >= 4 is 21.8 Å². The molecule has 102 valence electrons. The van der Waals surface area contributed by atoms with Crippen molar-refractivity contribution in [2.45, 2.75) is 25.6 Å². The lowest BCUT2D eigenvalue weighted by atomic mass is 10.2. The van der Waals surface area contributed by atoms with Crippen LogP contribution in [-0.2, 0) is 15.8 Å². The number of hydrogen-bond donors (Lipinski definition) is 1. The monoisotopic (exact) mass is 291 g/mol. The summed E-state index contributed by atoms with van der Waals surface area (Å²) in [6.45, 7) is 3.56. The number of aryl methyl sites for hydroxylation is 1. The van der Waals surface area contributed by atoms with Gasteiger partial charge in [0, 0.05) is 17.4 Å². The quantitative estimate of drug-likeness (QED) is 0.875. The van der Waals surface area contributed by atoms with Crippen LogP contribution in [0.1, 0.15) is 18.1 Å². The molecule has 3 nitrogen and oxygen atoms in total. The Bertz CT molecular complexity index is 503. The smallest absolute Gasteiger partial charge is 0.212 e. The molecule has 1 rings (SSSR count). The zero-order valence-corrected chi connectivity index (χ0v) is 12.4. The summed E-state index contributed by atoms with van der Waals surface area (Å²) in [6.07, 6.45) is 1.91. The molecule has 0 aliphatic rings. The van der Waals surface area contributed by atoms with Crippen LogP contribution in [0.25, 0.3) is 0 Å². The molecule has 0 spiro atoms. The number of rotatable bonds is 6. The lowest BCUT2D eigenvalue weighted by Gasteiger charge is -2.13. The van der Waals surface area contributed by atoms with Gasteiger partial charge < -0.3 is 0 Å². The van der Waals surface area contributed by atoms with E-state index in [2.05, 4.69) is 4.72 Å². The molecule has 0 aliphatic heterocycles. The van der Waals surface area contributed by atoms with Crippen molar-refractivity contribution in [3.05, 3.63) is 35.1 Å². The molecule has 0 heterocycles. The Morgan fingerprint density at radius 1 is 1.44 bits per heavy atom. The fraction of sp³-hybridized carbons (Fsp3) is 0.500. The Hall–Kier alpha value is -0.590. The van der Waals surface area contributed by atoms with Crippen molar-refractivity contribution < 1.29 is 12.8 Å². The summed E-state index contributed by atoms with van der Waals surface area (Å²) in [5.41, 5.74) is 0.974. The summed E-state index contributed by atoms with van der Waals surface area (Å²) in [7, 11) is -3.49. The zero-order valence-electron chi connectivity index (χ0n) is 10.7. The molecule has 0 aromatic heterocycles. The maximum absolute atomic E-state index is 13.6. The SMILES string of the molecule is CSC[C@@H](C)NS(=O)(=O)Cc1ccc(C)cc1F. The highest BCUT2D eigenvalue weighted by molar-refractivity contribution is 7.98. The van der Waals surface area contributed by atoms with Crippen LogP contribution >= 0.6 is 11.8 Å². The molecule has 0 fully saturated rings. The molecule has 1 atom stereocenters. The van der Waals surface area contributed by atoms with Crippen LogP contribution in [0.3, 0.4) is 0 Å². The van der Waals surface area contributed by atoms with Crippen molar-refractivity contribution in [2.24, 2.45) is 0 Å². The van der Waals surface area contributed by atoms with Crippen molar-refractivity contribution in [1.82, 2.24) is 4.72 Å². The highest BCUT2D eigenvalue weighted by Crippen LogP contribution is 2.13. The van der Waals surface area contributed by atoms with Crippen LogP contribution < -0.4 is 4.72 Å². The second-order valence-corrected chi connectivity index (χ2v) is 6.99. The summed E-state index contributed by atoms with van der Waals surface area (Å²) in [5.74, 6) is -0.106. The summed E-state index contributed by atoms with van der Waals surface area (Å²) in [5, 5.41) is 0. The molecular weight excluding hydrogens is 273 g/mol. The van der Waals surface area contributed by atoms with Gasteiger partial charge in [-0.25, -0.2) is 17.5 Å². The summed E-state index contributed by atoms with van der Waals surface area (Å²) < 4.78 is 39.8. The molecule has 1 N–H and O–H groups in total. The first-order valence-corrected chi connectivity index (χ1v) is 8.62. The number of thioether (sulfide) groups is 1. The second-order valence-electron chi connectivity index (χ2n) is 4.33. The predicted molar refractivity (Wildman–Crippen MR) is 74.7 cm³/mol. The largest absolute Gasteiger partial charge is 0.216 e. The Kier molecular flexibility index (Phi) is 5.62. The Morgan fingerprint density at radius 2 is 2.11 bits per heavy atom.